The molecule has 0 saturated heterocycles. The molecule has 3 atom stereocenters. The number of aliphatic hydroxyl groups excluding tert-OH is 1. The summed E-state index contributed by atoms with van der Waals surface area (Å²) in [6.07, 6.45) is 3.14. The van der Waals surface area contributed by atoms with E-state index in [1.165, 1.54) is 6.92 Å². The Morgan fingerprint density at radius 2 is 1.85 bits per heavy atom. The van der Waals surface area contributed by atoms with Crippen molar-refractivity contribution in [1.29, 1.82) is 0 Å². The second-order valence-corrected chi connectivity index (χ2v) is 7.69. The summed E-state index contributed by atoms with van der Waals surface area (Å²) in [5.74, 6) is -2.07. The van der Waals surface area contributed by atoms with E-state index in [1.807, 2.05) is 31.2 Å². The minimum absolute atomic E-state index is 0.0385. The van der Waals surface area contributed by atoms with Crippen molar-refractivity contribution in [1.82, 2.24) is 4.57 Å². The summed E-state index contributed by atoms with van der Waals surface area (Å²) in [4.78, 5) is 24.0. The zero-order chi connectivity index (χ0) is 23.8. The average Bonchev–Trinajstić information content (AvgIpc) is 3.19. The fraction of sp³-hybridized carbons (Fsp3) is 0.500. The number of nitrogens with zero attached hydrogens (tertiary/aromatic N) is 1. The number of carbonyl (C=O) groups is 2. The Bertz CT molecular complexity index is 982. The smallest absolute Gasteiger partial charge is 0.370 e. The predicted molar refractivity (Wildman–Crippen MR) is 120 cm³/mol. The quantitative estimate of drug-likeness (QED) is 0.464. The third-order valence-corrected chi connectivity index (χ3v) is 5.57. The number of carboxylic acid groups (broad SMARTS) is 1. The van der Waals surface area contributed by atoms with Crippen LogP contribution in [0.15, 0.2) is 42.3 Å². The highest BCUT2D eigenvalue weighted by molar-refractivity contribution is 5.94. The average molecular weight is 462 g/mol. The van der Waals surface area contributed by atoms with Gasteiger partial charge in [0.1, 0.15) is 0 Å². The van der Waals surface area contributed by atoms with Gasteiger partial charge in [0, 0.05) is 43.6 Å². The standard InChI is InChI=1S/C24H31NO8/c1-3-32-24-18(8-10-30-12-13-31-11-9-26)19(14-22(33-24)23(28)29)20-15-25(16(2)27)21-7-5-4-6-17(20)21/h4-7,14-15,18-19,24,26H,3,8-13H2,1-2H3,(H,28,29)/t18-,19+,24-/m0/s1. The van der Waals surface area contributed by atoms with Gasteiger partial charge in [-0.25, -0.2) is 4.79 Å². The Kier molecular flexibility index (Phi) is 9.02. The Balaban J connectivity index is 1.92. The molecular formula is C24H31NO8. The van der Waals surface area contributed by atoms with Crippen LogP contribution in [0.4, 0.5) is 0 Å². The summed E-state index contributed by atoms with van der Waals surface area (Å²) in [6, 6.07) is 7.55. The second-order valence-electron chi connectivity index (χ2n) is 7.69. The van der Waals surface area contributed by atoms with Crippen molar-refractivity contribution in [2.45, 2.75) is 32.5 Å². The zero-order valence-corrected chi connectivity index (χ0v) is 18.9. The van der Waals surface area contributed by atoms with E-state index < -0.39 is 12.3 Å². The number of rotatable bonds is 12. The predicted octanol–water partition coefficient (Wildman–Crippen LogP) is 2.78. The molecule has 33 heavy (non-hydrogen) atoms. The molecule has 2 aromatic rings. The molecule has 2 N–H and O–H groups in total. The molecule has 0 unspecified atom stereocenters. The molecule has 0 amide bonds. The van der Waals surface area contributed by atoms with Crippen molar-refractivity contribution in [2.75, 3.05) is 39.6 Å². The van der Waals surface area contributed by atoms with E-state index in [2.05, 4.69) is 0 Å². The Morgan fingerprint density at radius 3 is 2.52 bits per heavy atom. The molecule has 1 aliphatic heterocycles. The fourth-order valence-electron chi connectivity index (χ4n) is 4.13. The normalized spacial score (nSPS) is 20.5. The van der Waals surface area contributed by atoms with E-state index in [0.717, 1.165) is 16.5 Å². The van der Waals surface area contributed by atoms with Crippen molar-refractivity contribution in [3.63, 3.8) is 0 Å². The number of allylic oxidation sites excluding steroid dienone is 1. The van der Waals surface area contributed by atoms with Gasteiger partial charge >= 0.3 is 5.97 Å². The van der Waals surface area contributed by atoms with Gasteiger partial charge in [-0.2, -0.15) is 0 Å². The minimum atomic E-state index is -1.17. The molecule has 0 aliphatic carbocycles. The third-order valence-electron chi connectivity index (χ3n) is 5.57. The Labute approximate surface area is 192 Å². The van der Waals surface area contributed by atoms with Crippen LogP contribution in [0, 0.1) is 5.92 Å². The minimum Gasteiger partial charge on any atom is -0.475 e. The lowest BCUT2D eigenvalue weighted by atomic mass is 9.81. The molecule has 0 spiro atoms. The van der Waals surface area contributed by atoms with Crippen LogP contribution in [-0.4, -0.2) is 72.6 Å². The van der Waals surface area contributed by atoms with E-state index in [-0.39, 0.29) is 36.7 Å². The highest BCUT2D eigenvalue weighted by atomic mass is 16.7. The van der Waals surface area contributed by atoms with Crippen molar-refractivity contribution in [3.8, 4) is 0 Å². The largest absolute Gasteiger partial charge is 0.475 e. The topological polar surface area (TPSA) is 116 Å². The highest BCUT2D eigenvalue weighted by Crippen LogP contribution is 2.42. The molecule has 1 aliphatic rings. The molecule has 2 heterocycles. The Morgan fingerprint density at radius 1 is 1.12 bits per heavy atom. The number of hydrogen-bond acceptors (Lipinski definition) is 7. The molecule has 180 valence electrons. The number of carbonyl (C=O) groups excluding carboxylic acids is 1. The molecule has 0 radical (unpaired) electrons. The van der Waals surface area contributed by atoms with Crippen LogP contribution in [-0.2, 0) is 23.7 Å². The maximum absolute atomic E-state index is 12.3. The molecule has 0 bridgehead atoms. The monoisotopic (exact) mass is 461 g/mol. The summed E-state index contributed by atoms with van der Waals surface area (Å²) in [5.41, 5.74) is 1.60. The van der Waals surface area contributed by atoms with Gasteiger partial charge in [-0.15, -0.1) is 0 Å². The second kappa shape index (κ2) is 11.9. The molecule has 3 rings (SSSR count). The van der Waals surface area contributed by atoms with Crippen molar-refractivity contribution in [2.24, 2.45) is 5.92 Å². The van der Waals surface area contributed by atoms with Crippen LogP contribution in [0.1, 0.15) is 36.5 Å². The number of para-hydroxylation sites is 1. The van der Waals surface area contributed by atoms with Crippen LogP contribution >= 0.6 is 0 Å². The van der Waals surface area contributed by atoms with Gasteiger partial charge < -0.3 is 29.2 Å². The first-order valence-corrected chi connectivity index (χ1v) is 11.1. The van der Waals surface area contributed by atoms with Crippen molar-refractivity contribution < 1.29 is 38.7 Å². The Hall–Kier alpha value is -2.72. The molecule has 0 fully saturated rings. The number of benzene rings is 1. The first-order chi connectivity index (χ1) is 16.0. The lowest BCUT2D eigenvalue weighted by molar-refractivity contribution is -0.174. The van der Waals surface area contributed by atoms with E-state index in [9.17, 15) is 14.7 Å². The highest BCUT2D eigenvalue weighted by Gasteiger charge is 2.39. The van der Waals surface area contributed by atoms with Gasteiger partial charge in [0.05, 0.1) is 31.9 Å². The number of hydrogen-bond donors (Lipinski definition) is 2. The van der Waals surface area contributed by atoms with E-state index in [4.69, 9.17) is 24.1 Å². The maximum atomic E-state index is 12.3. The van der Waals surface area contributed by atoms with E-state index >= 15 is 0 Å². The summed E-state index contributed by atoms with van der Waals surface area (Å²) in [7, 11) is 0. The molecular weight excluding hydrogens is 430 g/mol. The van der Waals surface area contributed by atoms with Crippen LogP contribution in [0.3, 0.4) is 0 Å². The van der Waals surface area contributed by atoms with Gasteiger partial charge in [0.25, 0.3) is 0 Å². The number of aliphatic carboxylic acids is 1. The molecule has 1 aromatic heterocycles. The number of fused-ring (bicyclic) bond motifs is 1. The van der Waals surface area contributed by atoms with Gasteiger partial charge in [-0.05, 0) is 31.1 Å². The van der Waals surface area contributed by atoms with Crippen LogP contribution in [0.2, 0.25) is 0 Å². The first kappa shape index (κ1) is 24.9. The van der Waals surface area contributed by atoms with E-state index in [1.54, 1.807) is 16.8 Å². The van der Waals surface area contributed by atoms with Gasteiger partial charge in [-0.3, -0.25) is 9.36 Å². The summed E-state index contributed by atoms with van der Waals surface area (Å²) in [6.45, 7) is 5.02. The summed E-state index contributed by atoms with van der Waals surface area (Å²) in [5, 5.41) is 19.3. The van der Waals surface area contributed by atoms with E-state index in [0.29, 0.717) is 32.8 Å². The lowest BCUT2D eigenvalue weighted by Gasteiger charge is -2.36. The van der Waals surface area contributed by atoms with Gasteiger partial charge in [0.2, 0.25) is 18.0 Å². The fourth-order valence-corrected chi connectivity index (χ4v) is 4.13. The number of ether oxygens (including phenoxy) is 4. The number of aliphatic hydroxyl groups is 1. The van der Waals surface area contributed by atoms with Crippen LogP contribution < -0.4 is 0 Å². The van der Waals surface area contributed by atoms with Crippen molar-refractivity contribution >= 4 is 22.8 Å². The number of carboxylic acids is 1. The van der Waals surface area contributed by atoms with Crippen LogP contribution in [0.25, 0.3) is 10.9 Å². The molecule has 9 nitrogen and oxygen atoms in total. The number of aromatic nitrogens is 1. The summed E-state index contributed by atoms with van der Waals surface area (Å²) >= 11 is 0. The van der Waals surface area contributed by atoms with Crippen molar-refractivity contribution in [3.05, 3.63) is 47.9 Å². The lowest BCUT2D eigenvalue weighted by Crippen LogP contribution is -2.37. The van der Waals surface area contributed by atoms with Crippen LogP contribution in [0.5, 0.6) is 0 Å². The summed E-state index contributed by atoms with van der Waals surface area (Å²) < 4.78 is 24.0. The zero-order valence-electron chi connectivity index (χ0n) is 18.9. The molecule has 1 aromatic carbocycles. The first-order valence-electron chi connectivity index (χ1n) is 11.1. The maximum Gasteiger partial charge on any atom is 0.370 e. The van der Waals surface area contributed by atoms with Gasteiger partial charge in [-0.1, -0.05) is 18.2 Å². The molecule has 0 saturated carbocycles. The third kappa shape index (κ3) is 6.00. The SMILES string of the molecule is CCO[C@H]1OC(C(=O)O)=C[C@@H](c2cn(C(C)=O)c3ccccc23)[C@@H]1CCOCCOCCO. The molecule has 9 heteroatoms. The van der Waals surface area contributed by atoms with Gasteiger partial charge in [0.15, 0.2) is 0 Å².